The number of benzene rings is 2. The highest BCUT2D eigenvalue weighted by Gasteiger charge is 2.36. The molecule has 152 valence electrons. The van der Waals surface area contributed by atoms with Crippen molar-refractivity contribution in [1.82, 2.24) is 10.2 Å². The number of alkyl halides is 1. The summed E-state index contributed by atoms with van der Waals surface area (Å²) in [6, 6.07) is 20.9. The van der Waals surface area contributed by atoms with Crippen molar-refractivity contribution >= 4 is 6.09 Å². The maximum absolute atomic E-state index is 12.5. The van der Waals surface area contributed by atoms with Crippen LogP contribution < -0.4 is 5.32 Å². The Morgan fingerprint density at radius 3 is 2.04 bits per heavy atom. The molecule has 1 saturated heterocycles. The third-order valence-electron chi connectivity index (χ3n) is 4.75. The molecule has 1 heterocycles. The summed E-state index contributed by atoms with van der Waals surface area (Å²) in [6.07, 6.45) is 0.405. The third-order valence-corrected chi connectivity index (χ3v) is 4.75. The Bertz CT molecular complexity index is 657. The number of carbonyl (C=O) groups is 1. The Kier molecular flexibility index (Phi) is 8.95. The molecule has 0 spiro atoms. The standard InChI is InChI=1S/C14H15N.C9H16FNO2/c1-3-7-13(8-4-1)11-15-12-14-9-5-2-6-10-14;1-3-13-8(12)11-5-4-9(2,6-10)7-11/h1-10,15H,11-12H2;3-7H2,1-2H3. The van der Waals surface area contributed by atoms with Gasteiger partial charge in [-0.2, -0.15) is 0 Å². The minimum absolute atomic E-state index is 0.320. The lowest BCUT2D eigenvalue weighted by atomic mass is 9.92. The molecule has 1 fully saturated rings. The lowest BCUT2D eigenvalue weighted by molar-refractivity contribution is 0.109. The second-order valence-corrected chi connectivity index (χ2v) is 7.39. The first kappa shape index (κ1) is 21.9. The molecule has 28 heavy (non-hydrogen) atoms. The fourth-order valence-electron chi connectivity index (χ4n) is 3.05. The number of rotatable bonds is 6. The number of hydrogen-bond donors (Lipinski definition) is 1. The van der Waals surface area contributed by atoms with Gasteiger partial charge in [0.05, 0.1) is 13.3 Å². The molecule has 2 aromatic carbocycles. The maximum Gasteiger partial charge on any atom is 0.409 e. The predicted molar refractivity (Wildman–Crippen MR) is 111 cm³/mol. The van der Waals surface area contributed by atoms with Gasteiger partial charge in [-0.25, -0.2) is 4.79 Å². The summed E-state index contributed by atoms with van der Waals surface area (Å²) in [5.74, 6) is 0. The van der Waals surface area contributed by atoms with Gasteiger partial charge in [0.1, 0.15) is 0 Å². The summed E-state index contributed by atoms with van der Waals surface area (Å²) >= 11 is 0. The van der Waals surface area contributed by atoms with Crippen LogP contribution in [0.5, 0.6) is 0 Å². The molecule has 1 aliphatic heterocycles. The highest BCUT2D eigenvalue weighted by molar-refractivity contribution is 5.68. The molecule has 0 saturated carbocycles. The third kappa shape index (κ3) is 7.31. The van der Waals surface area contributed by atoms with Gasteiger partial charge in [-0.1, -0.05) is 67.6 Å². The van der Waals surface area contributed by atoms with Gasteiger partial charge in [0, 0.05) is 31.6 Å². The molecule has 5 heteroatoms. The van der Waals surface area contributed by atoms with Crippen molar-refractivity contribution < 1.29 is 13.9 Å². The van der Waals surface area contributed by atoms with Crippen LogP contribution in [0.3, 0.4) is 0 Å². The van der Waals surface area contributed by atoms with Crippen LogP contribution in [0, 0.1) is 5.41 Å². The molecule has 1 unspecified atom stereocenters. The molecule has 2 aromatic rings. The van der Waals surface area contributed by atoms with E-state index in [0.717, 1.165) is 19.5 Å². The van der Waals surface area contributed by atoms with Gasteiger partial charge < -0.3 is 15.0 Å². The van der Waals surface area contributed by atoms with Crippen molar-refractivity contribution in [1.29, 1.82) is 0 Å². The van der Waals surface area contributed by atoms with E-state index in [-0.39, 0.29) is 18.2 Å². The van der Waals surface area contributed by atoms with Gasteiger partial charge in [0.25, 0.3) is 0 Å². The van der Waals surface area contributed by atoms with Gasteiger partial charge in [0.15, 0.2) is 0 Å². The zero-order valence-corrected chi connectivity index (χ0v) is 16.9. The summed E-state index contributed by atoms with van der Waals surface area (Å²) in [5.41, 5.74) is 2.30. The van der Waals surface area contributed by atoms with Crippen molar-refractivity contribution in [2.75, 3.05) is 26.4 Å². The zero-order valence-electron chi connectivity index (χ0n) is 16.9. The van der Waals surface area contributed by atoms with E-state index in [4.69, 9.17) is 4.74 Å². The number of hydrogen-bond acceptors (Lipinski definition) is 3. The number of nitrogens with zero attached hydrogens (tertiary/aromatic N) is 1. The quantitative estimate of drug-likeness (QED) is 0.775. The minimum Gasteiger partial charge on any atom is -0.450 e. The Hall–Kier alpha value is -2.40. The summed E-state index contributed by atoms with van der Waals surface area (Å²) in [4.78, 5) is 12.8. The van der Waals surface area contributed by atoms with E-state index in [1.165, 1.54) is 11.1 Å². The van der Waals surface area contributed by atoms with E-state index in [1.54, 1.807) is 11.8 Å². The number of ether oxygens (including phenoxy) is 1. The molecule has 4 nitrogen and oxygen atoms in total. The summed E-state index contributed by atoms with van der Waals surface area (Å²) in [7, 11) is 0. The second-order valence-electron chi connectivity index (χ2n) is 7.39. The van der Waals surface area contributed by atoms with E-state index >= 15 is 0 Å². The van der Waals surface area contributed by atoms with Gasteiger partial charge in [0.2, 0.25) is 0 Å². The monoisotopic (exact) mass is 386 g/mol. The predicted octanol–water partition coefficient (Wildman–Crippen LogP) is 4.80. The van der Waals surface area contributed by atoms with E-state index in [1.807, 2.05) is 19.1 Å². The minimum atomic E-state index is -0.372. The number of halogens is 1. The average Bonchev–Trinajstić information content (AvgIpc) is 3.13. The van der Waals surface area contributed by atoms with Crippen LogP contribution in [0.1, 0.15) is 31.4 Å². The molecule has 1 aliphatic rings. The Labute approximate surface area is 167 Å². The normalized spacial score (nSPS) is 18.3. The van der Waals surface area contributed by atoms with Gasteiger partial charge in [-0.15, -0.1) is 0 Å². The second kappa shape index (κ2) is 11.4. The maximum atomic E-state index is 12.5. The van der Waals surface area contributed by atoms with E-state index < -0.39 is 0 Å². The summed E-state index contributed by atoms with van der Waals surface area (Å²) in [6.45, 7) is 6.56. The van der Waals surface area contributed by atoms with Crippen LogP contribution in [0.4, 0.5) is 9.18 Å². The van der Waals surface area contributed by atoms with Gasteiger partial charge in [-0.3, -0.25) is 4.39 Å². The fraction of sp³-hybridized carbons (Fsp3) is 0.435. The lowest BCUT2D eigenvalue weighted by Crippen LogP contribution is -2.32. The van der Waals surface area contributed by atoms with Crippen molar-refractivity contribution in [2.24, 2.45) is 5.41 Å². The Morgan fingerprint density at radius 2 is 1.61 bits per heavy atom. The summed E-state index contributed by atoms with van der Waals surface area (Å²) < 4.78 is 17.4. The number of nitrogens with one attached hydrogen (secondary N) is 1. The van der Waals surface area contributed by atoms with Crippen molar-refractivity contribution in [3.8, 4) is 0 Å². The molecule has 0 aliphatic carbocycles. The first-order valence-electron chi connectivity index (χ1n) is 9.82. The van der Waals surface area contributed by atoms with Crippen molar-refractivity contribution in [2.45, 2.75) is 33.4 Å². The van der Waals surface area contributed by atoms with Crippen LogP contribution in [-0.4, -0.2) is 37.4 Å². The largest absolute Gasteiger partial charge is 0.450 e. The smallest absolute Gasteiger partial charge is 0.409 e. The number of carbonyl (C=O) groups excluding carboxylic acids is 1. The lowest BCUT2D eigenvalue weighted by Gasteiger charge is -2.20. The highest BCUT2D eigenvalue weighted by atomic mass is 19.1. The Balaban J connectivity index is 0.000000203. The van der Waals surface area contributed by atoms with Crippen LogP contribution in [0.2, 0.25) is 0 Å². The average molecular weight is 387 g/mol. The van der Waals surface area contributed by atoms with Gasteiger partial charge >= 0.3 is 6.09 Å². The molecule has 0 radical (unpaired) electrons. The van der Waals surface area contributed by atoms with Crippen molar-refractivity contribution in [3.05, 3.63) is 71.8 Å². The van der Waals surface area contributed by atoms with E-state index in [9.17, 15) is 9.18 Å². The molecule has 1 atom stereocenters. The SMILES string of the molecule is CCOC(=O)N1CCC(C)(CF)C1.c1ccc(CNCc2ccccc2)cc1. The first-order chi connectivity index (χ1) is 13.6. The highest BCUT2D eigenvalue weighted by Crippen LogP contribution is 2.30. The molecular formula is C23H31FN2O2. The molecule has 0 aromatic heterocycles. The van der Waals surface area contributed by atoms with Crippen LogP contribution >= 0.6 is 0 Å². The molecule has 0 bridgehead atoms. The Morgan fingerprint density at radius 1 is 1.07 bits per heavy atom. The number of likely N-dealkylation sites (tertiary alicyclic amines) is 1. The molecule has 1 amide bonds. The topological polar surface area (TPSA) is 41.6 Å². The molecule has 1 N–H and O–H groups in total. The molecule has 3 rings (SSSR count). The van der Waals surface area contributed by atoms with Crippen LogP contribution in [0.25, 0.3) is 0 Å². The fourth-order valence-corrected chi connectivity index (χ4v) is 3.05. The van der Waals surface area contributed by atoms with E-state index in [0.29, 0.717) is 19.7 Å². The number of amides is 1. The van der Waals surface area contributed by atoms with Crippen LogP contribution in [-0.2, 0) is 17.8 Å². The van der Waals surface area contributed by atoms with Gasteiger partial charge in [-0.05, 0) is 24.5 Å². The zero-order chi connectivity index (χ0) is 20.2. The molecular weight excluding hydrogens is 355 g/mol. The van der Waals surface area contributed by atoms with Crippen molar-refractivity contribution in [3.63, 3.8) is 0 Å². The first-order valence-corrected chi connectivity index (χ1v) is 9.82. The van der Waals surface area contributed by atoms with Crippen LogP contribution in [0.15, 0.2) is 60.7 Å². The van der Waals surface area contributed by atoms with E-state index in [2.05, 4.69) is 53.8 Å². The summed E-state index contributed by atoms with van der Waals surface area (Å²) in [5, 5.41) is 3.42.